The van der Waals surface area contributed by atoms with Crippen LogP contribution in [0.15, 0.2) is 0 Å². The molecule has 0 aliphatic heterocycles. The molecule has 0 fully saturated rings. The highest BCUT2D eigenvalue weighted by molar-refractivity contribution is 8.00. The van der Waals surface area contributed by atoms with E-state index in [4.69, 9.17) is 0 Å². The van der Waals surface area contributed by atoms with Gasteiger partial charge in [0.1, 0.15) is 0 Å². The second-order valence-corrected chi connectivity index (χ2v) is 6.45. The zero-order valence-corrected chi connectivity index (χ0v) is 12.3. The van der Waals surface area contributed by atoms with Crippen molar-refractivity contribution in [1.29, 1.82) is 0 Å². The summed E-state index contributed by atoms with van der Waals surface area (Å²) in [6.45, 7) is 6.42. The third-order valence-electron chi connectivity index (χ3n) is 2.50. The Kier molecular flexibility index (Phi) is 11.2. The number of hydrogen-bond acceptors (Lipinski definition) is 4. The van der Waals surface area contributed by atoms with E-state index in [9.17, 15) is 10.2 Å². The van der Waals surface area contributed by atoms with Crippen molar-refractivity contribution in [1.82, 2.24) is 0 Å². The van der Waals surface area contributed by atoms with E-state index in [0.717, 1.165) is 35.4 Å². The largest absolute Gasteiger partial charge is 0.392 e. The number of thioether (sulfide) groups is 2. The molecule has 0 bridgehead atoms. The van der Waals surface area contributed by atoms with E-state index in [2.05, 4.69) is 13.8 Å². The topological polar surface area (TPSA) is 40.5 Å². The van der Waals surface area contributed by atoms with Crippen molar-refractivity contribution in [2.75, 3.05) is 23.0 Å². The third kappa shape index (κ3) is 9.82. The Bertz CT molecular complexity index is 140. The van der Waals surface area contributed by atoms with Crippen LogP contribution < -0.4 is 0 Å². The molecule has 4 heteroatoms. The molecule has 16 heavy (non-hydrogen) atoms. The molecule has 0 heterocycles. The van der Waals surface area contributed by atoms with Crippen molar-refractivity contribution in [3.05, 3.63) is 0 Å². The predicted molar refractivity (Wildman–Crippen MR) is 76.4 cm³/mol. The minimum Gasteiger partial charge on any atom is -0.392 e. The smallest absolute Gasteiger partial charge is 0.0720 e. The van der Waals surface area contributed by atoms with Crippen LogP contribution >= 0.6 is 23.5 Å². The van der Waals surface area contributed by atoms with Gasteiger partial charge in [-0.15, -0.1) is 0 Å². The van der Waals surface area contributed by atoms with Gasteiger partial charge >= 0.3 is 0 Å². The van der Waals surface area contributed by atoms with Crippen LogP contribution in [0, 0.1) is 5.92 Å². The third-order valence-corrected chi connectivity index (χ3v) is 5.17. The van der Waals surface area contributed by atoms with E-state index < -0.39 is 0 Å². The maximum absolute atomic E-state index is 9.70. The minimum atomic E-state index is -0.233. The summed E-state index contributed by atoms with van der Waals surface area (Å²) in [5.74, 6) is 4.18. The molecule has 0 amide bonds. The van der Waals surface area contributed by atoms with Crippen LogP contribution in [0.3, 0.4) is 0 Å². The molecule has 3 atom stereocenters. The molecule has 0 aromatic carbocycles. The zero-order valence-electron chi connectivity index (χ0n) is 10.7. The fourth-order valence-electron chi connectivity index (χ4n) is 1.03. The van der Waals surface area contributed by atoms with E-state index in [1.165, 1.54) is 6.42 Å². The molecule has 98 valence electrons. The van der Waals surface area contributed by atoms with E-state index in [0.29, 0.717) is 0 Å². The highest BCUT2D eigenvalue weighted by atomic mass is 32.2. The van der Waals surface area contributed by atoms with Crippen molar-refractivity contribution in [2.24, 2.45) is 5.92 Å². The predicted octanol–water partition coefficient (Wildman–Crippen LogP) is 2.63. The molecule has 2 N–H and O–H groups in total. The van der Waals surface area contributed by atoms with Gasteiger partial charge in [0.2, 0.25) is 0 Å². The Labute approximate surface area is 109 Å². The molecule has 2 nitrogen and oxygen atoms in total. The van der Waals surface area contributed by atoms with Crippen LogP contribution in [0.5, 0.6) is 0 Å². The fourth-order valence-corrected chi connectivity index (χ4v) is 3.38. The lowest BCUT2D eigenvalue weighted by Crippen LogP contribution is -2.17. The summed E-state index contributed by atoms with van der Waals surface area (Å²) < 4.78 is 0. The molecule has 0 saturated heterocycles. The van der Waals surface area contributed by atoms with Gasteiger partial charge in [0, 0.05) is 17.3 Å². The number of aliphatic hydroxyl groups is 2. The molecular weight excluding hydrogens is 240 g/mol. The van der Waals surface area contributed by atoms with Gasteiger partial charge < -0.3 is 10.2 Å². The van der Waals surface area contributed by atoms with Crippen molar-refractivity contribution in [3.8, 4) is 0 Å². The second kappa shape index (κ2) is 10.8. The highest BCUT2D eigenvalue weighted by Crippen LogP contribution is 2.15. The van der Waals surface area contributed by atoms with Crippen LogP contribution in [0.1, 0.15) is 33.6 Å². The SMILES string of the molecule is CCC(C)CSCC(O)CSCC(O)CC. The summed E-state index contributed by atoms with van der Waals surface area (Å²) in [5.41, 5.74) is 0. The van der Waals surface area contributed by atoms with Gasteiger partial charge in [-0.25, -0.2) is 0 Å². The molecule has 0 aromatic heterocycles. The number of aliphatic hydroxyl groups excluding tert-OH is 2. The average molecular weight is 266 g/mol. The summed E-state index contributed by atoms with van der Waals surface area (Å²) >= 11 is 3.48. The summed E-state index contributed by atoms with van der Waals surface area (Å²) in [6.07, 6.45) is 1.56. The average Bonchev–Trinajstić information content (AvgIpc) is 2.28. The maximum atomic E-state index is 9.70. The van der Waals surface area contributed by atoms with Gasteiger partial charge in [-0.1, -0.05) is 27.2 Å². The van der Waals surface area contributed by atoms with Gasteiger partial charge in [0.25, 0.3) is 0 Å². The molecule has 0 aromatic rings. The van der Waals surface area contributed by atoms with Gasteiger partial charge in [-0.05, 0) is 18.1 Å². The molecule has 0 aliphatic carbocycles. The number of rotatable bonds is 10. The lowest BCUT2D eigenvalue weighted by Gasteiger charge is -2.13. The first-order valence-electron chi connectivity index (χ1n) is 6.11. The van der Waals surface area contributed by atoms with Gasteiger partial charge in [0.05, 0.1) is 12.2 Å². The Balaban J connectivity index is 3.34. The van der Waals surface area contributed by atoms with Crippen molar-refractivity contribution in [3.63, 3.8) is 0 Å². The van der Waals surface area contributed by atoms with Crippen LogP contribution in [0.2, 0.25) is 0 Å². The molecular formula is C12H26O2S2. The molecule has 0 spiro atoms. The summed E-state index contributed by atoms with van der Waals surface area (Å²) in [5, 5.41) is 19.0. The van der Waals surface area contributed by atoms with Gasteiger partial charge in [0.15, 0.2) is 0 Å². The normalized spacial score (nSPS) is 17.1. The second-order valence-electron chi connectivity index (χ2n) is 4.30. The first-order valence-corrected chi connectivity index (χ1v) is 8.42. The molecule has 0 saturated carbocycles. The monoisotopic (exact) mass is 266 g/mol. The van der Waals surface area contributed by atoms with Crippen LogP contribution in [-0.2, 0) is 0 Å². The quantitative estimate of drug-likeness (QED) is 0.638. The standard InChI is InChI=1S/C12H26O2S2/c1-4-10(3)6-15-8-12(14)9-16-7-11(13)5-2/h10-14H,4-9H2,1-3H3. The maximum Gasteiger partial charge on any atom is 0.0720 e. The van der Waals surface area contributed by atoms with E-state index in [1.807, 2.05) is 18.7 Å². The van der Waals surface area contributed by atoms with E-state index in [-0.39, 0.29) is 12.2 Å². The first kappa shape index (κ1) is 16.6. The highest BCUT2D eigenvalue weighted by Gasteiger charge is 2.08. The van der Waals surface area contributed by atoms with Crippen LogP contribution in [-0.4, -0.2) is 45.4 Å². The molecule has 0 aliphatic rings. The lowest BCUT2D eigenvalue weighted by atomic mass is 10.2. The van der Waals surface area contributed by atoms with Crippen LogP contribution in [0.25, 0.3) is 0 Å². The fraction of sp³-hybridized carbons (Fsp3) is 1.00. The van der Waals surface area contributed by atoms with Gasteiger partial charge in [-0.3, -0.25) is 0 Å². The first-order chi connectivity index (χ1) is 7.60. The van der Waals surface area contributed by atoms with E-state index >= 15 is 0 Å². The Morgan fingerprint density at radius 3 is 1.81 bits per heavy atom. The van der Waals surface area contributed by atoms with Crippen molar-refractivity contribution < 1.29 is 10.2 Å². The Morgan fingerprint density at radius 2 is 1.31 bits per heavy atom. The molecule has 0 rings (SSSR count). The summed E-state index contributed by atoms with van der Waals surface area (Å²) in [6, 6.07) is 0. The molecule has 3 unspecified atom stereocenters. The van der Waals surface area contributed by atoms with Crippen molar-refractivity contribution in [2.45, 2.75) is 45.8 Å². The van der Waals surface area contributed by atoms with Crippen LogP contribution in [0.4, 0.5) is 0 Å². The van der Waals surface area contributed by atoms with E-state index in [1.54, 1.807) is 11.8 Å². The summed E-state index contributed by atoms with van der Waals surface area (Å²) in [4.78, 5) is 0. The Morgan fingerprint density at radius 1 is 0.812 bits per heavy atom. The van der Waals surface area contributed by atoms with Crippen molar-refractivity contribution >= 4 is 23.5 Å². The molecule has 0 radical (unpaired) electrons. The summed E-state index contributed by atoms with van der Waals surface area (Å²) in [7, 11) is 0. The lowest BCUT2D eigenvalue weighted by molar-refractivity contribution is 0.194. The Hall–Kier alpha value is 0.620. The number of hydrogen-bond donors (Lipinski definition) is 2. The minimum absolute atomic E-state index is 0.218. The zero-order chi connectivity index (χ0) is 12.4. The van der Waals surface area contributed by atoms with Gasteiger partial charge in [-0.2, -0.15) is 23.5 Å².